The number of Topliss-reactive ketones (excluding diaryl/α,β-unsaturated/α-hetero) is 1. The van der Waals surface area contributed by atoms with Crippen LogP contribution in [0.1, 0.15) is 43.7 Å². The Balaban J connectivity index is 1.94. The quantitative estimate of drug-likeness (QED) is 0.354. The topological polar surface area (TPSA) is 74.8 Å². The smallest absolute Gasteiger partial charge is 0.257 e. The maximum Gasteiger partial charge on any atom is 0.257 e. The third-order valence-electron chi connectivity index (χ3n) is 5.32. The summed E-state index contributed by atoms with van der Waals surface area (Å²) in [7, 11) is 0. The van der Waals surface area contributed by atoms with Crippen LogP contribution in [-0.2, 0) is 4.79 Å². The van der Waals surface area contributed by atoms with E-state index in [1.54, 1.807) is 18.2 Å². The second-order valence-corrected chi connectivity index (χ2v) is 10.1. The SMILES string of the molecule is C=CCSc1nc2c(c(=O)[nH]1)C(c1ccc(Cl)c(Cl)c1)C1=C(CC(C)(C)CC1=O)N2. The number of halogens is 2. The Bertz CT molecular complexity index is 1150. The van der Waals surface area contributed by atoms with E-state index in [2.05, 4.69) is 35.7 Å². The molecule has 0 saturated heterocycles. The summed E-state index contributed by atoms with van der Waals surface area (Å²) in [5.41, 5.74) is 2.13. The molecule has 2 aromatic rings. The van der Waals surface area contributed by atoms with Gasteiger partial charge in [0.05, 0.1) is 15.6 Å². The molecule has 30 heavy (non-hydrogen) atoms. The summed E-state index contributed by atoms with van der Waals surface area (Å²) in [6, 6.07) is 5.22. The van der Waals surface area contributed by atoms with Gasteiger partial charge >= 0.3 is 0 Å². The van der Waals surface area contributed by atoms with Crippen LogP contribution in [0.15, 0.2) is 52.1 Å². The molecule has 0 fully saturated rings. The van der Waals surface area contributed by atoms with Crippen molar-refractivity contribution in [1.82, 2.24) is 9.97 Å². The molecule has 8 heteroatoms. The van der Waals surface area contributed by atoms with Crippen molar-refractivity contribution in [1.29, 1.82) is 0 Å². The first-order valence-electron chi connectivity index (χ1n) is 9.56. The highest BCUT2D eigenvalue weighted by Gasteiger charge is 2.42. The number of hydrogen-bond donors (Lipinski definition) is 2. The summed E-state index contributed by atoms with van der Waals surface area (Å²) < 4.78 is 0. The van der Waals surface area contributed by atoms with Gasteiger partial charge in [-0.2, -0.15) is 0 Å². The maximum atomic E-state index is 13.2. The van der Waals surface area contributed by atoms with Gasteiger partial charge in [-0.05, 0) is 29.5 Å². The van der Waals surface area contributed by atoms with Gasteiger partial charge in [0.1, 0.15) is 5.82 Å². The van der Waals surface area contributed by atoms with Gasteiger partial charge in [-0.1, -0.05) is 61.0 Å². The van der Waals surface area contributed by atoms with Crippen molar-refractivity contribution in [2.45, 2.75) is 37.8 Å². The zero-order chi connectivity index (χ0) is 21.6. The molecule has 1 aliphatic heterocycles. The summed E-state index contributed by atoms with van der Waals surface area (Å²) >= 11 is 13.8. The van der Waals surface area contributed by atoms with Gasteiger partial charge in [-0.25, -0.2) is 4.98 Å². The fourth-order valence-electron chi connectivity index (χ4n) is 4.12. The number of rotatable bonds is 4. The van der Waals surface area contributed by atoms with E-state index in [1.165, 1.54) is 11.8 Å². The third-order valence-corrected chi connectivity index (χ3v) is 6.92. The van der Waals surface area contributed by atoms with Crippen molar-refractivity contribution in [3.05, 3.63) is 73.7 Å². The zero-order valence-electron chi connectivity index (χ0n) is 16.6. The second-order valence-electron chi connectivity index (χ2n) is 8.30. The number of carbonyl (C=O) groups is 1. The van der Waals surface area contributed by atoms with Crippen LogP contribution < -0.4 is 10.9 Å². The van der Waals surface area contributed by atoms with E-state index < -0.39 is 5.92 Å². The first kappa shape index (κ1) is 21.2. The number of allylic oxidation sites excluding steroid dienone is 2. The van der Waals surface area contributed by atoms with E-state index in [-0.39, 0.29) is 16.8 Å². The van der Waals surface area contributed by atoms with Crippen molar-refractivity contribution >= 4 is 46.6 Å². The van der Waals surface area contributed by atoms with E-state index in [1.807, 2.05) is 6.07 Å². The van der Waals surface area contributed by atoms with Gasteiger partial charge in [0, 0.05) is 29.4 Å². The van der Waals surface area contributed by atoms with Crippen LogP contribution >= 0.6 is 35.0 Å². The van der Waals surface area contributed by atoms with Gasteiger partial charge in [0.15, 0.2) is 10.9 Å². The predicted octanol–water partition coefficient (Wildman–Crippen LogP) is 5.56. The molecule has 1 atom stereocenters. The molecule has 156 valence electrons. The average Bonchev–Trinajstić information content (AvgIpc) is 2.66. The largest absolute Gasteiger partial charge is 0.343 e. The van der Waals surface area contributed by atoms with E-state index in [4.69, 9.17) is 23.2 Å². The third kappa shape index (κ3) is 3.84. The van der Waals surface area contributed by atoms with E-state index in [0.29, 0.717) is 50.8 Å². The van der Waals surface area contributed by atoms with Crippen LogP contribution in [0.5, 0.6) is 0 Å². The lowest BCUT2D eigenvalue weighted by atomic mass is 9.69. The van der Waals surface area contributed by atoms with Crippen molar-refractivity contribution in [3.63, 3.8) is 0 Å². The number of fused-ring (bicyclic) bond motifs is 1. The minimum atomic E-state index is -0.552. The number of benzene rings is 1. The molecule has 0 spiro atoms. The Hall–Kier alpha value is -2.02. The highest BCUT2D eigenvalue weighted by molar-refractivity contribution is 7.99. The Kier molecular flexibility index (Phi) is 5.60. The molecule has 2 N–H and O–H groups in total. The Morgan fingerprint density at radius 3 is 2.73 bits per heavy atom. The number of carbonyl (C=O) groups excluding carboxylic acids is 1. The number of ketones is 1. The molecular formula is C22H21Cl2N3O2S. The summed E-state index contributed by atoms with van der Waals surface area (Å²) in [6.07, 6.45) is 2.85. The highest BCUT2D eigenvalue weighted by atomic mass is 35.5. The lowest BCUT2D eigenvalue weighted by Gasteiger charge is -2.38. The fraction of sp³-hybridized carbons (Fsp3) is 0.318. The molecule has 4 rings (SSSR count). The first-order valence-corrected chi connectivity index (χ1v) is 11.3. The van der Waals surface area contributed by atoms with Crippen LogP contribution in [0.3, 0.4) is 0 Å². The zero-order valence-corrected chi connectivity index (χ0v) is 19.0. The molecule has 0 amide bonds. The standard InChI is InChI=1S/C22H21Cl2N3O2S/c1-4-7-30-21-26-19-18(20(29)27-21)16(11-5-6-12(23)13(24)8-11)17-14(25-19)9-22(2,3)10-15(17)28/h4-6,8,16H,1,7,9-10H2,2-3H3,(H2,25,26,27,29). The van der Waals surface area contributed by atoms with Gasteiger partial charge in [0.2, 0.25) is 0 Å². The number of aromatic amines is 1. The maximum absolute atomic E-state index is 13.2. The van der Waals surface area contributed by atoms with Crippen LogP contribution in [0.25, 0.3) is 0 Å². The van der Waals surface area contributed by atoms with Crippen LogP contribution in [0.4, 0.5) is 5.82 Å². The molecule has 1 unspecified atom stereocenters. The second kappa shape index (κ2) is 7.91. The molecule has 1 aromatic carbocycles. The van der Waals surface area contributed by atoms with Gasteiger partial charge < -0.3 is 10.3 Å². The molecule has 0 radical (unpaired) electrons. The number of anilines is 1. The van der Waals surface area contributed by atoms with E-state index in [0.717, 1.165) is 11.3 Å². The number of H-pyrrole nitrogens is 1. The van der Waals surface area contributed by atoms with Crippen molar-refractivity contribution in [2.75, 3.05) is 11.1 Å². The summed E-state index contributed by atoms with van der Waals surface area (Å²) in [4.78, 5) is 33.8. The van der Waals surface area contributed by atoms with Crippen molar-refractivity contribution in [2.24, 2.45) is 5.41 Å². The Morgan fingerprint density at radius 1 is 1.27 bits per heavy atom. The van der Waals surface area contributed by atoms with Gasteiger partial charge in [-0.15, -0.1) is 6.58 Å². The van der Waals surface area contributed by atoms with E-state index in [9.17, 15) is 9.59 Å². The molecule has 2 heterocycles. The number of aromatic nitrogens is 2. The van der Waals surface area contributed by atoms with Gasteiger partial charge in [0.25, 0.3) is 5.56 Å². The predicted molar refractivity (Wildman–Crippen MR) is 123 cm³/mol. The van der Waals surface area contributed by atoms with E-state index >= 15 is 0 Å². The molecule has 1 aromatic heterocycles. The van der Waals surface area contributed by atoms with Gasteiger partial charge in [-0.3, -0.25) is 9.59 Å². The molecular weight excluding hydrogens is 441 g/mol. The number of nitrogens with zero attached hydrogens (tertiary/aromatic N) is 1. The molecule has 1 aliphatic carbocycles. The molecule has 0 saturated carbocycles. The van der Waals surface area contributed by atoms with Crippen LogP contribution in [-0.4, -0.2) is 21.5 Å². The summed E-state index contributed by atoms with van der Waals surface area (Å²) in [5.74, 6) is 0.576. The number of nitrogens with one attached hydrogen (secondary N) is 2. The minimum Gasteiger partial charge on any atom is -0.343 e. The molecule has 0 bridgehead atoms. The monoisotopic (exact) mass is 461 g/mol. The van der Waals surface area contributed by atoms with Crippen LogP contribution in [0.2, 0.25) is 10.0 Å². The van der Waals surface area contributed by atoms with Crippen LogP contribution in [0, 0.1) is 5.41 Å². The lowest BCUT2D eigenvalue weighted by Crippen LogP contribution is -2.37. The summed E-state index contributed by atoms with van der Waals surface area (Å²) in [5, 5.41) is 4.60. The lowest BCUT2D eigenvalue weighted by molar-refractivity contribution is -0.118. The fourth-order valence-corrected chi connectivity index (χ4v) is 5.03. The molecule has 2 aliphatic rings. The van der Waals surface area contributed by atoms with Crippen molar-refractivity contribution < 1.29 is 4.79 Å². The number of hydrogen-bond acceptors (Lipinski definition) is 5. The number of thioether (sulfide) groups is 1. The molecule has 5 nitrogen and oxygen atoms in total. The Labute approximate surface area is 189 Å². The van der Waals surface area contributed by atoms with Crippen molar-refractivity contribution in [3.8, 4) is 0 Å². The first-order chi connectivity index (χ1) is 14.2. The highest BCUT2D eigenvalue weighted by Crippen LogP contribution is 2.48. The Morgan fingerprint density at radius 2 is 2.03 bits per heavy atom. The average molecular weight is 462 g/mol. The summed E-state index contributed by atoms with van der Waals surface area (Å²) in [6.45, 7) is 7.84. The normalized spacial score (nSPS) is 19.7. The minimum absolute atomic E-state index is 0.0278.